The van der Waals surface area contributed by atoms with Crippen LogP contribution < -0.4 is 0 Å². The number of rotatable bonds is 6. The molecule has 0 saturated heterocycles. The van der Waals surface area contributed by atoms with Gasteiger partial charge < -0.3 is 4.74 Å². The van der Waals surface area contributed by atoms with Gasteiger partial charge in [-0.15, -0.1) is 0 Å². The molecule has 0 aliphatic heterocycles. The van der Waals surface area contributed by atoms with Crippen molar-refractivity contribution in [2.45, 2.75) is 150 Å². The largest absolute Gasteiger partial charge is 0.466 e. The maximum absolute atomic E-state index is 15.0. The van der Waals surface area contributed by atoms with E-state index in [0.717, 1.165) is 30.1 Å². The van der Waals surface area contributed by atoms with Crippen molar-refractivity contribution in [2.75, 3.05) is 6.61 Å². The Balaban J connectivity index is 1.78. The van der Waals surface area contributed by atoms with Crippen LogP contribution in [0, 0.1) is 64.1 Å². The van der Waals surface area contributed by atoms with E-state index in [1.807, 2.05) is 5.92 Å². The number of esters is 1. The first-order valence-electron chi connectivity index (χ1n) is 17.4. The molecule has 5 rings (SSSR count). The van der Waals surface area contributed by atoms with Crippen LogP contribution in [0.3, 0.4) is 0 Å². The van der Waals surface area contributed by atoms with E-state index in [-0.39, 0.29) is 16.8 Å². The third kappa shape index (κ3) is 4.62. The third-order valence-corrected chi connectivity index (χ3v) is 13.4. The molecule has 6 unspecified atom stereocenters. The number of hydrogen-bond acceptors (Lipinski definition) is 2. The Kier molecular flexibility index (Phi) is 9.26. The SMILES string of the molecule is CCOC(=O)C1(C2CCCCC2C)CC[C](C2CCCCC2C)C1([C@@H]1CCCC[C@H]1C)[C@@H]1CCCC[C@@H]1C. The molecule has 10 atom stereocenters. The lowest BCUT2D eigenvalue weighted by Crippen LogP contribution is -2.63. The van der Waals surface area contributed by atoms with E-state index in [9.17, 15) is 0 Å². The highest BCUT2D eigenvalue weighted by molar-refractivity contribution is 5.80. The Morgan fingerprint density at radius 3 is 1.58 bits per heavy atom. The van der Waals surface area contributed by atoms with Crippen LogP contribution in [0.1, 0.15) is 150 Å². The summed E-state index contributed by atoms with van der Waals surface area (Å²) in [7, 11) is 0. The van der Waals surface area contributed by atoms with Crippen LogP contribution in [-0.2, 0) is 9.53 Å². The fourth-order valence-corrected chi connectivity index (χ4v) is 12.0. The molecule has 2 heteroatoms. The first kappa shape index (κ1) is 29.0. The molecular formula is C36H61O2. The molecule has 5 saturated carbocycles. The van der Waals surface area contributed by atoms with Crippen LogP contribution in [0.15, 0.2) is 0 Å². The van der Waals surface area contributed by atoms with E-state index < -0.39 is 0 Å². The zero-order valence-corrected chi connectivity index (χ0v) is 25.9. The number of carbonyl (C=O) groups excluding carboxylic acids is 1. The topological polar surface area (TPSA) is 26.3 Å². The van der Waals surface area contributed by atoms with E-state index in [0.29, 0.717) is 30.3 Å². The zero-order chi connectivity index (χ0) is 26.9. The highest BCUT2D eigenvalue weighted by atomic mass is 16.5. The van der Waals surface area contributed by atoms with Gasteiger partial charge in [-0.1, -0.05) is 105 Å². The average molecular weight is 526 g/mol. The zero-order valence-electron chi connectivity index (χ0n) is 25.9. The minimum absolute atomic E-state index is 0.0471. The van der Waals surface area contributed by atoms with E-state index >= 15 is 4.79 Å². The molecule has 217 valence electrons. The molecule has 0 heterocycles. The second-order valence-electron chi connectivity index (χ2n) is 15.1. The first-order chi connectivity index (χ1) is 18.4. The van der Waals surface area contributed by atoms with Crippen LogP contribution in [0.25, 0.3) is 0 Å². The Morgan fingerprint density at radius 2 is 1.11 bits per heavy atom. The van der Waals surface area contributed by atoms with Gasteiger partial charge >= 0.3 is 5.97 Å². The summed E-state index contributed by atoms with van der Waals surface area (Å²) in [6, 6.07) is 0. The molecule has 0 spiro atoms. The van der Waals surface area contributed by atoms with Crippen molar-refractivity contribution in [1.82, 2.24) is 0 Å². The number of ether oxygens (including phenoxy) is 1. The van der Waals surface area contributed by atoms with Gasteiger partial charge in [0.1, 0.15) is 0 Å². The van der Waals surface area contributed by atoms with Gasteiger partial charge in [-0.2, -0.15) is 0 Å². The maximum atomic E-state index is 15.0. The van der Waals surface area contributed by atoms with Crippen molar-refractivity contribution in [3.8, 4) is 0 Å². The van der Waals surface area contributed by atoms with Crippen molar-refractivity contribution >= 4 is 5.97 Å². The Bertz CT molecular complexity index is 766. The highest BCUT2D eigenvalue weighted by Crippen LogP contribution is 2.76. The smallest absolute Gasteiger partial charge is 0.312 e. The lowest BCUT2D eigenvalue weighted by Gasteiger charge is -2.65. The van der Waals surface area contributed by atoms with Gasteiger partial charge in [-0.05, 0) is 104 Å². The van der Waals surface area contributed by atoms with Crippen LogP contribution >= 0.6 is 0 Å². The molecule has 0 aromatic heterocycles. The summed E-state index contributed by atoms with van der Waals surface area (Å²) < 4.78 is 6.35. The monoisotopic (exact) mass is 525 g/mol. The van der Waals surface area contributed by atoms with E-state index in [1.165, 1.54) is 109 Å². The molecule has 0 N–H and O–H groups in total. The fraction of sp³-hybridized carbons (Fsp3) is 0.944. The summed E-state index contributed by atoms with van der Waals surface area (Å²) in [4.78, 5) is 15.0. The van der Waals surface area contributed by atoms with Gasteiger partial charge in [0, 0.05) is 0 Å². The van der Waals surface area contributed by atoms with Gasteiger partial charge in [0.15, 0.2) is 0 Å². The van der Waals surface area contributed by atoms with Gasteiger partial charge in [-0.3, -0.25) is 4.79 Å². The lowest BCUT2D eigenvalue weighted by atomic mass is 9.38. The Morgan fingerprint density at radius 1 is 0.658 bits per heavy atom. The third-order valence-electron chi connectivity index (χ3n) is 13.4. The predicted molar refractivity (Wildman–Crippen MR) is 158 cm³/mol. The highest BCUT2D eigenvalue weighted by Gasteiger charge is 2.74. The summed E-state index contributed by atoms with van der Waals surface area (Å²) in [6.07, 6.45) is 24.0. The second kappa shape index (κ2) is 12.1. The normalized spacial score (nSPS) is 47.1. The van der Waals surface area contributed by atoms with Crippen LogP contribution in [0.4, 0.5) is 0 Å². The van der Waals surface area contributed by atoms with Crippen LogP contribution in [-0.4, -0.2) is 12.6 Å². The van der Waals surface area contributed by atoms with Crippen LogP contribution in [0.5, 0.6) is 0 Å². The van der Waals surface area contributed by atoms with Gasteiger partial charge in [0.25, 0.3) is 0 Å². The summed E-state index contributed by atoms with van der Waals surface area (Å²) in [5, 5.41) is 0. The number of hydrogen-bond donors (Lipinski definition) is 0. The molecule has 5 fully saturated rings. The molecule has 0 aromatic rings. The quantitative estimate of drug-likeness (QED) is 0.322. The van der Waals surface area contributed by atoms with Crippen molar-refractivity contribution in [2.24, 2.45) is 58.2 Å². The minimum Gasteiger partial charge on any atom is -0.466 e. The average Bonchev–Trinajstić information content (AvgIpc) is 3.26. The molecule has 0 bridgehead atoms. The number of carbonyl (C=O) groups is 1. The van der Waals surface area contributed by atoms with Gasteiger partial charge in [0.2, 0.25) is 0 Å². The molecule has 0 amide bonds. The molecule has 5 aliphatic carbocycles. The lowest BCUT2D eigenvalue weighted by molar-refractivity contribution is -0.195. The van der Waals surface area contributed by atoms with Crippen molar-refractivity contribution < 1.29 is 9.53 Å². The first-order valence-corrected chi connectivity index (χ1v) is 17.4. The second-order valence-corrected chi connectivity index (χ2v) is 15.1. The van der Waals surface area contributed by atoms with Crippen molar-refractivity contribution in [3.05, 3.63) is 5.92 Å². The van der Waals surface area contributed by atoms with Crippen molar-refractivity contribution in [1.29, 1.82) is 0 Å². The van der Waals surface area contributed by atoms with Gasteiger partial charge in [0.05, 0.1) is 12.0 Å². The van der Waals surface area contributed by atoms with Crippen LogP contribution in [0.2, 0.25) is 0 Å². The Hall–Kier alpha value is -0.530. The van der Waals surface area contributed by atoms with E-state index in [4.69, 9.17) is 4.74 Å². The van der Waals surface area contributed by atoms with Crippen molar-refractivity contribution in [3.63, 3.8) is 0 Å². The molecular weight excluding hydrogens is 464 g/mol. The predicted octanol–water partition coefficient (Wildman–Crippen LogP) is 10.2. The fourth-order valence-electron chi connectivity index (χ4n) is 12.0. The summed E-state index contributed by atoms with van der Waals surface area (Å²) >= 11 is 0. The Labute approximate surface area is 236 Å². The van der Waals surface area contributed by atoms with E-state index in [2.05, 4.69) is 34.6 Å². The standard InChI is InChI=1S/C36H61O2/c1-6-38-34(37)35(30-20-12-8-16-26(30)3)24-23-33(29-19-11-7-15-25(29)2)36(35,31-21-13-9-17-27(31)4)32-22-14-10-18-28(32)5/h25-32H,6-24H2,1-5H3/t25?,26?,27-,28+,29?,30?,31-,32-,35?,36?/m1/s1. The van der Waals surface area contributed by atoms with E-state index in [1.54, 1.807) is 0 Å². The molecule has 0 aromatic carbocycles. The summed E-state index contributed by atoms with van der Waals surface area (Å²) in [6.45, 7) is 12.9. The summed E-state index contributed by atoms with van der Waals surface area (Å²) in [5.41, 5.74) is -0.257. The molecule has 1 radical (unpaired) electrons. The summed E-state index contributed by atoms with van der Waals surface area (Å²) in [5.74, 6) is 7.55. The molecule has 5 aliphatic rings. The molecule has 38 heavy (non-hydrogen) atoms. The van der Waals surface area contributed by atoms with Gasteiger partial charge in [-0.25, -0.2) is 0 Å². The maximum Gasteiger partial charge on any atom is 0.312 e. The molecule has 2 nitrogen and oxygen atoms in total. The minimum atomic E-state index is -0.304.